The van der Waals surface area contributed by atoms with Crippen LogP contribution in [0.25, 0.3) is 6.08 Å². The van der Waals surface area contributed by atoms with E-state index in [0.29, 0.717) is 16.8 Å². The van der Waals surface area contributed by atoms with Crippen LogP contribution in [0.2, 0.25) is 0 Å². The maximum Gasteiger partial charge on any atom is 0.249 e. The molecule has 2 aromatic carbocycles. The molecule has 0 aliphatic carbocycles. The minimum atomic E-state index is -0.516. The molecule has 0 unspecified atom stereocenters. The van der Waals surface area contributed by atoms with Gasteiger partial charge in [0.15, 0.2) is 0 Å². The summed E-state index contributed by atoms with van der Waals surface area (Å²) >= 11 is 3.42. The normalized spacial score (nSPS) is 10.6. The number of nitrogens with one attached hydrogen (secondary N) is 1. The Morgan fingerprint density at radius 2 is 1.86 bits per heavy atom. The highest BCUT2D eigenvalue weighted by atomic mass is 79.9. The molecule has 0 atom stereocenters. The number of primary amides is 1. The molecule has 2 rings (SSSR count). The lowest BCUT2D eigenvalue weighted by Crippen LogP contribution is -2.15. The Kier molecular flexibility index (Phi) is 5.12. The molecule has 0 spiro atoms. The van der Waals surface area contributed by atoms with Crippen LogP contribution in [0.3, 0.4) is 0 Å². The van der Waals surface area contributed by atoms with Crippen LogP contribution in [0, 0.1) is 6.92 Å². The van der Waals surface area contributed by atoms with Crippen LogP contribution < -0.4 is 11.1 Å². The van der Waals surface area contributed by atoms with Gasteiger partial charge in [0.25, 0.3) is 0 Å². The van der Waals surface area contributed by atoms with Crippen molar-refractivity contribution in [3.05, 3.63) is 69.7 Å². The minimum absolute atomic E-state index is 0.277. The van der Waals surface area contributed by atoms with Crippen molar-refractivity contribution in [1.82, 2.24) is 0 Å². The molecule has 112 valence electrons. The van der Waals surface area contributed by atoms with Crippen molar-refractivity contribution < 1.29 is 9.59 Å². The van der Waals surface area contributed by atoms with Crippen LogP contribution in [0.4, 0.5) is 5.69 Å². The van der Waals surface area contributed by atoms with Crippen LogP contribution >= 0.6 is 15.9 Å². The van der Waals surface area contributed by atoms with Crippen molar-refractivity contribution in [2.45, 2.75) is 6.92 Å². The van der Waals surface area contributed by atoms with Gasteiger partial charge in [-0.25, -0.2) is 0 Å². The van der Waals surface area contributed by atoms with E-state index in [9.17, 15) is 9.59 Å². The Hall–Kier alpha value is -2.40. The highest BCUT2D eigenvalue weighted by molar-refractivity contribution is 9.10. The van der Waals surface area contributed by atoms with E-state index in [-0.39, 0.29) is 5.91 Å². The van der Waals surface area contributed by atoms with Crippen molar-refractivity contribution in [3.8, 4) is 0 Å². The monoisotopic (exact) mass is 358 g/mol. The summed E-state index contributed by atoms with van der Waals surface area (Å²) < 4.78 is 0.908. The van der Waals surface area contributed by atoms with Gasteiger partial charge in [0.2, 0.25) is 11.8 Å². The topological polar surface area (TPSA) is 72.2 Å². The van der Waals surface area contributed by atoms with Crippen LogP contribution in [0.1, 0.15) is 21.5 Å². The van der Waals surface area contributed by atoms with Crippen molar-refractivity contribution >= 4 is 39.5 Å². The zero-order valence-electron chi connectivity index (χ0n) is 12.0. The van der Waals surface area contributed by atoms with Crippen LogP contribution in [-0.4, -0.2) is 11.8 Å². The lowest BCUT2D eigenvalue weighted by molar-refractivity contribution is -0.111. The maximum absolute atomic E-state index is 12.0. The molecule has 3 N–H and O–H groups in total. The molecule has 0 aliphatic rings. The van der Waals surface area contributed by atoms with E-state index in [4.69, 9.17) is 5.73 Å². The number of carbonyl (C=O) groups excluding carboxylic acids is 2. The van der Waals surface area contributed by atoms with Gasteiger partial charge in [-0.1, -0.05) is 40.2 Å². The smallest absolute Gasteiger partial charge is 0.249 e. The molecule has 2 aromatic rings. The van der Waals surface area contributed by atoms with Gasteiger partial charge in [0, 0.05) is 21.8 Å². The van der Waals surface area contributed by atoms with Gasteiger partial charge in [-0.2, -0.15) is 0 Å². The molecule has 0 saturated carbocycles. The minimum Gasteiger partial charge on any atom is -0.366 e. The lowest BCUT2D eigenvalue weighted by Gasteiger charge is -2.09. The Morgan fingerprint density at radius 1 is 1.14 bits per heavy atom. The van der Waals surface area contributed by atoms with Crippen LogP contribution in [-0.2, 0) is 4.79 Å². The number of hydrogen-bond acceptors (Lipinski definition) is 2. The van der Waals surface area contributed by atoms with Crippen molar-refractivity contribution in [2.75, 3.05) is 5.32 Å². The molecule has 0 fully saturated rings. The summed E-state index contributed by atoms with van der Waals surface area (Å²) in [7, 11) is 0. The standard InChI is InChI=1S/C17H15BrN2O2/c1-11-13(17(19)22)6-4-8-15(11)20-16(21)10-9-12-5-2-3-7-14(12)18/h2-10H,1H3,(H2,19,22)(H,20,21)/b10-9+. The number of amides is 2. The van der Waals surface area contributed by atoms with E-state index >= 15 is 0 Å². The summed E-state index contributed by atoms with van der Waals surface area (Å²) in [6.07, 6.45) is 3.16. The molecule has 22 heavy (non-hydrogen) atoms. The third-order valence-electron chi connectivity index (χ3n) is 3.18. The van der Waals surface area contributed by atoms with Gasteiger partial charge in [-0.15, -0.1) is 0 Å². The molecular formula is C17H15BrN2O2. The van der Waals surface area contributed by atoms with E-state index in [1.165, 1.54) is 6.08 Å². The Balaban J connectivity index is 2.15. The average Bonchev–Trinajstić information content (AvgIpc) is 2.48. The van der Waals surface area contributed by atoms with Gasteiger partial charge in [-0.05, 0) is 42.3 Å². The summed E-state index contributed by atoms with van der Waals surface area (Å²) in [5.74, 6) is -0.794. The highest BCUT2D eigenvalue weighted by Crippen LogP contribution is 2.19. The number of anilines is 1. The molecule has 0 aromatic heterocycles. The van der Waals surface area contributed by atoms with Crippen LogP contribution in [0.15, 0.2) is 53.0 Å². The van der Waals surface area contributed by atoms with E-state index in [1.54, 1.807) is 31.2 Å². The van der Waals surface area contributed by atoms with Crippen molar-refractivity contribution in [2.24, 2.45) is 5.73 Å². The quantitative estimate of drug-likeness (QED) is 0.820. The van der Waals surface area contributed by atoms with Crippen LogP contribution in [0.5, 0.6) is 0 Å². The Morgan fingerprint density at radius 3 is 2.55 bits per heavy atom. The van der Waals surface area contributed by atoms with E-state index in [0.717, 1.165) is 10.0 Å². The molecular weight excluding hydrogens is 344 g/mol. The number of nitrogens with two attached hydrogens (primary N) is 1. The predicted molar refractivity (Wildman–Crippen MR) is 91.5 cm³/mol. The summed E-state index contributed by atoms with van der Waals surface area (Å²) in [5.41, 5.74) is 7.81. The summed E-state index contributed by atoms with van der Waals surface area (Å²) in [5, 5.41) is 2.75. The number of rotatable bonds is 4. The zero-order valence-corrected chi connectivity index (χ0v) is 13.6. The molecule has 0 aliphatic heterocycles. The third-order valence-corrected chi connectivity index (χ3v) is 3.90. The van der Waals surface area contributed by atoms with Gasteiger partial charge < -0.3 is 11.1 Å². The second-order valence-corrected chi connectivity index (χ2v) is 5.54. The SMILES string of the molecule is Cc1c(NC(=O)/C=C/c2ccccc2Br)cccc1C(N)=O. The maximum atomic E-state index is 12.0. The van der Waals surface area contributed by atoms with E-state index < -0.39 is 5.91 Å². The third kappa shape index (κ3) is 3.83. The molecule has 4 nitrogen and oxygen atoms in total. The van der Waals surface area contributed by atoms with E-state index in [2.05, 4.69) is 21.2 Å². The summed E-state index contributed by atoms with van der Waals surface area (Å²) in [6.45, 7) is 1.74. The number of carbonyl (C=O) groups is 2. The van der Waals surface area contributed by atoms with Crippen molar-refractivity contribution in [3.63, 3.8) is 0 Å². The first kappa shape index (κ1) is 16.0. The molecule has 0 saturated heterocycles. The molecule has 2 amide bonds. The molecule has 5 heteroatoms. The largest absolute Gasteiger partial charge is 0.366 e. The fourth-order valence-electron chi connectivity index (χ4n) is 1.99. The van der Waals surface area contributed by atoms with Gasteiger partial charge >= 0.3 is 0 Å². The second kappa shape index (κ2) is 7.04. The average molecular weight is 359 g/mol. The fraction of sp³-hybridized carbons (Fsp3) is 0.0588. The van der Waals surface area contributed by atoms with E-state index in [1.807, 2.05) is 24.3 Å². The lowest BCUT2D eigenvalue weighted by atomic mass is 10.1. The number of hydrogen-bond donors (Lipinski definition) is 2. The fourth-order valence-corrected chi connectivity index (χ4v) is 2.41. The molecule has 0 bridgehead atoms. The number of benzene rings is 2. The second-order valence-electron chi connectivity index (χ2n) is 4.69. The molecule has 0 heterocycles. The summed E-state index contributed by atoms with van der Waals surface area (Å²) in [6, 6.07) is 12.6. The summed E-state index contributed by atoms with van der Waals surface area (Å²) in [4.78, 5) is 23.3. The first-order chi connectivity index (χ1) is 10.5. The van der Waals surface area contributed by atoms with Crippen molar-refractivity contribution in [1.29, 1.82) is 0 Å². The highest BCUT2D eigenvalue weighted by Gasteiger charge is 2.09. The first-order valence-corrected chi connectivity index (χ1v) is 7.41. The van der Waals surface area contributed by atoms with Gasteiger partial charge in [0.1, 0.15) is 0 Å². The zero-order chi connectivity index (χ0) is 16.1. The predicted octanol–water partition coefficient (Wildman–Crippen LogP) is 3.51. The Bertz CT molecular complexity index is 754. The first-order valence-electron chi connectivity index (χ1n) is 6.62. The Labute approximate surface area is 137 Å². The van der Waals surface area contributed by atoms with Gasteiger partial charge in [0.05, 0.1) is 0 Å². The van der Waals surface area contributed by atoms with Gasteiger partial charge in [-0.3, -0.25) is 9.59 Å². The number of halogens is 1. The molecule has 0 radical (unpaired) electrons.